The molecule has 0 radical (unpaired) electrons. The zero-order valence-electron chi connectivity index (χ0n) is 19.0. The topological polar surface area (TPSA) is 38.3 Å². The summed E-state index contributed by atoms with van der Waals surface area (Å²) in [6, 6.07) is 14.5. The SMILES string of the molecule is Cc1cc2c(cc1C=CCCNC(=O)OCc1ccccc1)C(C)(C)CCC2(C)C. The quantitative estimate of drug-likeness (QED) is 0.545. The molecule has 0 saturated heterocycles. The van der Waals surface area contributed by atoms with Crippen LogP contribution in [0.1, 0.15) is 74.8 Å². The lowest BCUT2D eigenvalue weighted by atomic mass is 9.62. The molecule has 2 aromatic carbocycles. The van der Waals surface area contributed by atoms with E-state index in [1.54, 1.807) is 0 Å². The summed E-state index contributed by atoms with van der Waals surface area (Å²) < 4.78 is 5.24. The van der Waals surface area contributed by atoms with Crippen LogP contribution in [0.25, 0.3) is 6.08 Å². The number of rotatable bonds is 6. The lowest BCUT2D eigenvalue weighted by Gasteiger charge is -2.42. The van der Waals surface area contributed by atoms with Crippen molar-refractivity contribution in [1.29, 1.82) is 0 Å². The van der Waals surface area contributed by atoms with Gasteiger partial charge in [-0.25, -0.2) is 4.79 Å². The van der Waals surface area contributed by atoms with E-state index in [2.05, 4.69) is 64.2 Å². The summed E-state index contributed by atoms with van der Waals surface area (Å²) in [6.45, 7) is 12.5. The largest absolute Gasteiger partial charge is 0.445 e. The summed E-state index contributed by atoms with van der Waals surface area (Å²) >= 11 is 0. The van der Waals surface area contributed by atoms with Crippen molar-refractivity contribution >= 4 is 12.2 Å². The standard InChI is InChI=1S/C27H35NO2/c1-20-17-23-24(27(4,5)15-14-26(23,2)3)18-22(20)13-9-10-16-28-25(29)30-19-21-11-7-6-8-12-21/h6-9,11-13,17-18H,10,14-16,19H2,1-5H3,(H,28,29). The smallest absolute Gasteiger partial charge is 0.407 e. The summed E-state index contributed by atoms with van der Waals surface area (Å²) in [4.78, 5) is 11.8. The predicted molar refractivity (Wildman–Crippen MR) is 125 cm³/mol. The highest BCUT2D eigenvalue weighted by molar-refractivity contribution is 5.67. The Balaban J connectivity index is 1.54. The Kier molecular flexibility index (Phi) is 6.70. The Hall–Kier alpha value is -2.55. The molecule has 0 spiro atoms. The molecule has 0 atom stereocenters. The van der Waals surface area contributed by atoms with Gasteiger partial charge in [-0.1, -0.05) is 82.3 Å². The number of alkyl carbamates (subject to hydrolysis) is 1. The third-order valence-electron chi connectivity index (χ3n) is 6.33. The van der Waals surface area contributed by atoms with E-state index in [4.69, 9.17) is 4.74 Å². The maximum absolute atomic E-state index is 11.8. The van der Waals surface area contributed by atoms with Crippen LogP contribution in [-0.2, 0) is 22.2 Å². The minimum absolute atomic E-state index is 0.214. The van der Waals surface area contributed by atoms with Crippen molar-refractivity contribution in [2.45, 2.75) is 71.3 Å². The maximum atomic E-state index is 11.8. The van der Waals surface area contributed by atoms with Crippen molar-refractivity contribution in [1.82, 2.24) is 5.32 Å². The Morgan fingerprint density at radius 1 is 1.03 bits per heavy atom. The first-order valence-corrected chi connectivity index (χ1v) is 11.0. The molecule has 3 rings (SSSR count). The van der Waals surface area contributed by atoms with Crippen LogP contribution in [0.15, 0.2) is 48.5 Å². The summed E-state index contributed by atoms with van der Waals surface area (Å²) in [5, 5.41) is 2.82. The van der Waals surface area contributed by atoms with Gasteiger partial charge in [0.1, 0.15) is 6.61 Å². The molecule has 160 valence electrons. The fourth-order valence-electron chi connectivity index (χ4n) is 4.16. The van der Waals surface area contributed by atoms with Crippen LogP contribution in [0.2, 0.25) is 0 Å². The third-order valence-corrected chi connectivity index (χ3v) is 6.33. The van der Waals surface area contributed by atoms with Gasteiger partial charge in [0.05, 0.1) is 0 Å². The number of fused-ring (bicyclic) bond motifs is 1. The molecule has 0 saturated carbocycles. The highest BCUT2D eigenvalue weighted by Crippen LogP contribution is 2.46. The van der Waals surface area contributed by atoms with Crippen molar-refractivity contribution in [2.24, 2.45) is 0 Å². The van der Waals surface area contributed by atoms with Gasteiger partial charge in [0.2, 0.25) is 0 Å². The number of ether oxygens (including phenoxy) is 1. The number of carbonyl (C=O) groups excluding carboxylic acids is 1. The molecular weight excluding hydrogens is 370 g/mol. The number of hydrogen-bond acceptors (Lipinski definition) is 2. The van der Waals surface area contributed by atoms with Crippen LogP contribution >= 0.6 is 0 Å². The highest BCUT2D eigenvalue weighted by Gasteiger charge is 2.37. The van der Waals surface area contributed by atoms with Crippen molar-refractivity contribution in [3.8, 4) is 0 Å². The molecule has 3 heteroatoms. The summed E-state index contributed by atoms with van der Waals surface area (Å²) in [7, 11) is 0. The molecule has 0 bridgehead atoms. The van der Waals surface area contributed by atoms with Gasteiger partial charge in [-0.2, -0.15) is 0 Å². The lowest BCUT2D eigenvalue weighted by Crippen LogP contribution is -2.34. The van der Waals surface area contributed by atoms with E-state index in [0.717, 1.165) is 12.0 Å². The first-order chi connectivity index (χ1) is 14.2. The minimum atomic E-state index is -0.374. The molecule has 0 aliphatic heterocycles. The first kappa shape index (κ1) is 22.1. The molecule has 1 aliphatic rings. The molecule has 1 amide bonds. The van der Waals surface area contributed by atoms with E-state index in [-0.39, 0.29) is 16.9 Å². The molecule has 0 unspecified atom stereocenters. The van der Waals surface area contributed by atoms with Gasteiger partial charge in [0, 0.05) is 6.54 Å². The molecule has 1 N–H and O–H groups in total. The first-order valence-electron chi connectivity index (χ1n) is 11.0. The van der Waals surface area contributed by atoms with Crippen LogP contribution in [0.5, 0.6) is 0 Å². The second-order valence-corrected chi connectivity index (χ2v) is 9.70. The summed E-state index contributed by atoms with van der Waals surface area (Å²) in [6.07, 6.45) is 7.16. The zero-order chi connectivity index (χ0) is 21.8. The van der Waals surface area contributed by atoms with Gasteiger partial charge in [-0.05, 0) is 64.8 Å². The average Bonchev–Trinajstić information content (AvgIpc) is 2.71. The predicted octanol–water partition coefficient (Wildman–Crippen LogP) is 6.67. The molecule has 3 nitrogen and oxygen atoms in total. The average molecular weight is 406 g/mol. The molecule has 2 aromatic rings. The van der Waals surface area contributed by atoms with Crippen LogP contribution in [-0.4, -0.2) is 12.6 Å². The Bertz CT molecular complexity index is 910. The van der Waals surface area contributed by atoms with Crippen molar-refractivity contribution in [2.75, 3.05) is 6.54 Å². The van der Waals surface area contributed by atoms with Crippen molar-refractivity contribution in [3.05, 3.63) is 76.4 Å². The van der Waals surface area contributed by atoms with Crippen LogP contribution in [0, 0.1) is 6.92 Å². The van der Waals surface area contributed by atoms with E-state index in [1.165, 1.54) is 35.1 Å². The fourth-order valence-corrected chi connectivity index (χ4v) is 4.16. The van der Waals surface area contributed by atoms with Gasteiger partial charge in [-0.3, -0.25) is 0 Å². The molecule has 0 heterocycles. The van der Waals surface area contributed by atoms with Crippen LogP contribution in [0.3, 0.4) is 0 Å². The highest BCUT2D eigenvalue weighted by atomic mass is 16.5. The number of benzene rings is 2. The van der Waals surface area contributed by atoms with Crippen molar-refractivity contribution < 1.29 is 9.53 Å². The van der Waals surface area contributed by atoms with E-state index >= 15 is 0 Å². The van der Waals surface area contributed by atoms with Gasteiger partial charge in [0.25, 0.3) is 0 Å². The number of aryl methyl sites for hydroxylation is 1. The number of hydrogen-bond donors (Lipinski definition) is 1. The molecule has 0 aromatic heterocycles. The third kappa shape index (κ3) is 5.33. The van der Waals surface area contributed by atoms with E-state index in [1.807, 2.05) is 30.3 Å². The number of amides is 1. The fraction of sp³-hybridized carbons (Fsp3) is 0.444. The van der Waals surface area contributed by atoms with Gasteiger partial charge >= 0.3 is 6.09 Å². The summed E-state index contributed by atoms with van der Waals surface area (Å²) in [5.41, 5.74) is 6.99. The maximum Gasteiger partial charge on any atom is 0.407 e. The molecule has 0 fully saturated rings. The zero-order valence-corrected chi connectivity index (χ0v) is 19.0. The van der Waals surface area contributed by atoms with Crippen LogP contribution in [0.4, 0.5) is 4.79 Å². The van der Waals surface area contributed by atoms with E-state index < -0.39 is 0 Å². The Morgan fingerprint density at radius 3 is 2.33 bits per heavy atom. The van der Waals surface area contributed by atoms with E-state index in [0.29, 0.717) is 13.2 Å². The summed E-state index contributed by atoms with van der Waals surface area (Å²) in [5.74, 6) is 0. The minimum Gasteiger partial charge on any atom is -0.445 e. The van der Waals surface area contributed by atoms with Crippen LogP contribution < -0.4 is 5.32 Å². The van der Waals surface area contributed by atoms with Gasteiger partial charge < -0.3 is 10.1 Å². The Labute approximate surface area is 181 Å². The van der Waals surface area contributed by atoms with E-state index in [9.17, 15) is 4.79 Å². The second kappa shape index (κ2) is 9.07. The van der Waals surface area contributed by atoms with Crippen molar-refractivity contribution in [3.63, 3.8) is 0 Å². The Morgan fingerprint density at radius 2 is 1.67 bits per heavy atom. The molecule has 1 aliphatic carbocycles. The number of nitrogens with one attached hydrogen (secondary N) is 1. The normalized spacial score (nSPS) is 16.8. The lowest BCUT2D eigenvalue weighted by molar-refractivity contribution is 0.140. The van der Waals surface area contributed by atoms with Gasteiger partial charge in [0.15, 0.2) is 0 Å². The second-order valence-electron chi connectivity index (χ2n) is 9.70. The molecular formula is C27H35NO2. The molecule has 30 heavy (non-hydrogen) atoms. The number of carbonyl (C=O) groups is 1. The van der Waals surface area contributed by atoms with Gasteiger partial charge in [-0.15, -0.1) is 0 Å². The monoisotopic (exact) mass is 405 g/mol.